The zero-order valence-corrected chi connectivity index (χ0v) is 16.5. The third-order valence-electron chi connectivity index (χ3n) is 4.31. The molecule has 0 bridgehead atoms. The minimum atomic E-state index is -3.91. The van der Waals surface area contributed by atoms with Gasteiger partial charge < -0.3 is 15.8 Å². The number of aromatic nitrogens is 2. The number of nitrogens with two attached hydrogens (primary N) is 1. The predicted octanol–water partition coefficient (Wildman–Crippen LogP) is 0.821. The highest BCUT2D eigenvalue weighted by atomic mass is 32.2. The molecule has 2 aromatic rings. The molecule has 0 saturated heterocycles. The smallest absolute Gasteiger partial charge is 0.278 e. The molecule has 30 heavy (non-hydrogen) atoms. The van der Waals surface area contributed by atoms with Gasteiger partial charge in [-0.3, -0.25) is 4.79 Å². The topological polar surface area (TPSA) is 140 Å². The van der Waals surface area contributed by atoms with Crippen LogP contribution in [0.25, 0.3) is 0 Å². The summed E-state index contributed by atoms with van der Waals surface area (Å²) >= 11 is 0. The van der Waals surface area contributed by atoms with Crippen molar-refractivity contribution in [2.75, 3.05) is 25.2 Å². The van der Waals surface area contributed by atoms with Gasteiger partial charge in [-0.05, 0) is 19.1 Å². The van der Waals surface area contributed by atoms with Gasteiger partial charge in [-0.1, -0.05) is 0 Å². The lowest BCUT2D eigenvalue weighted by molar-refractivity contribution is 0.101. The zero-order chi connectivity index (χ0) is 24.8. The van der Waals surface area contributed by atoms with E-state index in [-0.39, 0.29) is 11.8 Å². The number of halogens is 2. The summed E-state index contributed by atoms with van der Waals surface area (Å²) in [4.78, 5) is 24.0. The molecule has 10 nitrogen and oxygen atoms in total. The first kappa shape index (κ1) is 17.5. The number of guanidine groups is 1. The van der Waals surface area contributed by atoms with Crippen LogP contribution >= 0.6 is 0 Å². The molecule has 1 atom stereocenters. The maximum atomic E-state index is 14.6. The van der Waals surface area contributed by atoms with Crippen LogP contribution in [-0.2, 0) is 15.6 Å². The first-order chi connectivity index (χ1) is 15.1. The van der Waals surface area contributed by atoms with Gasteiger partial charge in [0.25, 0.3) is 5.91 Å². The predicted molar refractivity (Wildman–Crippen MR) is 103 cm³/mol. The van der Waals surface area contributed by atoms with Crippen molar-refractivity contribution in [3.63, 3.8) is 0 Å². The third-order valence-corrected chi connectivity index (χ3v) is 6.26. The standard InChI is InChI=1S/C17H18F2N6O4S/c1-17(8-30(27,28)25(2)16(20)24-17)14-10(18)4-5-12(22-14)23-15(26)13-11(19)6-9(29-3)7-21-13/h4-7H,8H2,1-3H3,(H2,20,24)(H,22,23,26)/t17-/m0/s1/i3D3. The Morgan fingerprint density at radius 3 is 2.77 bits per heavy atom. The average molecular weight is 443 g/mol. The molecule has 0 unspecified atom stereocenters. The number of sulfonamides is 1. The second kappa shape index (κ2) is 7.48. The number of aliphatic imine (C=N–C) groups is 1. The molecule has 13 heteroatoms. The summed E-state index contributed by atoms with van der Waals surface area (Å²) in [6.45, 7) is 1.31. The molecule has 3 N–H and O–H groups in total. The number of hydrogen-bond donors (Lipinski definition) is 2. The van der Waals surface area contributed by atoms with Crippen LogP contribution in [0, 0.1) is 11.6 Å². The van der Waals surface area contributed by atoms with E-state index in [1.165, 1.54) is 14.0 Å². The van der Waals surface area contributed by atoms with Gasteiger partial charge in [0, 0.05) is 13.1 Å². The van der Waals surface area contributed by atoms with E-state index in [0.29, 0.717) is 6.07 Å². The van der Waals surface area contributed by atoms with E-state index in [1.54, 1.807) is 0 Å². The van der Waals surface area contributed by atoms with Crippen LogP contribution in [0.3, 0.4) is 0 Å². The third kappa shape index (κ3) is 3.87. The summed E-state index contributed by atoms with van der Waals surface area (Å²) in [5.74, 6) is -4.83. The van der Waals surface area contributed by atoms with Gasteiger partial charge in [0.2, 0.25) is 16.0 Å². The van der Waals surface area contributed by atoms with Crippen molar-refractivity contribution >= 4 is 27.7 Å². The molecule has 1 aliphatic heterocycles. The number of nitrogens with one attached hydrogen (secondary N) is 1. The molecule has 0 radical (unpaired) electrons. The molecule has 0 spiro atoms. The summed E-state index contributed by atoms with van der Waals surface area (Å²) in [6.07, 6.45) is 0.843. The Hall–Kier alpha value is -3.35. The first-order valence-corrected chi connectivity index (χ1v) is 9.87. The Morgan fingerprint density at radius 2 is 2.13 bits per heavy atom. The van der Waals surface area contributed by atoms with Gasteiger partial charge in [-0.15, -0.1) is 0 Å². The molecule has 3 rings (SSSR count). The highest BCUT2D eigenvalue weighted by Crippen LogP contribution is 2.32. The maximum Gasteiger partial charge on any atom is 0.278 e. The monoisotopic (exact) mass is 443 g/mol. The van der Waals surface area contributed by atoms with Crippen molar-refractivity contribution < 1.29 is 30.8 Å². The lowest BCUT2D eigenvalue weighted by Gasteiger charge is -2.33. The van der Waals surface area contributed by atoms with Crippen molar-refractivity contribution in [2.24, 2.45) is 10.7 Å². The summed E-state index contributed by atoms with van der Waals surface area (Å²) < 4.78 is 79.8. The zero-order valence-electron chi connectivity index (χ0n) is 18.7. The lowest BCUT2D eigenvalue weighted by Crippen LogP contribution is -2.50. The Bertz CT molecular complexity index is 1260. The number of amides is 1. The van der Waals surface area contributed by atoms with Crippen molar-refractivity contribution in [1.29, 1.82) is 0 Å². The minimum Gasteiger partial charge on any atom is -0.495 e. The molecule has 0 saturated carbocycles. The molecule has 160 valence electrons. The molecule has 2 aromatic heterocycles. The number of ether oxygens (including phenoxy) is 1. The molecule has 1 aliphatic rings. The number of pyridine rings is 2. The van der Waals surface area contributed by atoms with Crippen molar-refractivity contribution in [3.05, 3.63) is 47.4 Å². The summed E-state index contributed by atoms with van der Waals surface area (Å²) in [5.41, 5.74) is 2.84. The second-order valence-corrected chi connectivity index (χ2v) is 8.55. The van der Waals surface area contributed by atoms with Gasteiger partial charge in [0.05, 0.1) is 17.3 Å². The Balaban J connectivity index is 1.90. The summed E-state index contributed by atoms with van der Waals surface area (Å²) in [6, 6.07) is 2.66. The van der Waals surface area contributed by atoms with Crippen LogP contribution < -0.4 is 15.8 Å². The van der Waals surface area contributed by atoms with E-state index in [2.05, 4.69) is 25.0 Å². The fourth-order valence-corrected chi connectivity index (χ4v) is 4.21. The molecular weight excluding hydrogens is 422 g/mol. The van der Waals surface area contributed by atoms with Gasteiger partial charge in [0.15, 0.2) is 11.5 Å². The van der Waals surface area contributed by atoms with Crippen molar-refractivity contribution in [2.45, 2.75) is 12.5 Å². The van der Waals surface area contributed by atoms with E-state index in [1.807, 2.05) is 0 Å². The molecule has 0 aliphatic carbocycles. The number of anilines is 1. The van der Waals surface area contributed by atoms with Gasteiger partial charge in [-0.2, -0.15) is 0 Å². The largest absolute Gasteiger partial charge is 0.495 e. The fourth-order valence-electron chi connectivity index (χ4n) is 2.78. The number of nitrogens with zero attached hydrogens (tertiary/aromatic N) is 4. The number of methoxy groups -OCH3 is 1. The van der Waals surface area contributed by atoms with Crippen LogP contribution in [0.4, 0.5) is 14.6 Å². The molecule has 3 heterocycles. The highest BCUT2D eigenvalue weighted by Gasteiger charge is 2.43. The van der Waals surface area contributed by atoms with Crippen LogP contribution in [-0.4, -0.2) is 54.4 Å². The lowest BCUT2D eigenvalue weighted by atomic mass is 10.00. The molecule has 1 amide bonds. The van der Waals surface area contributed by atoms with E-state index in [0.717, 1.165) is 22.6 Å². The average Bonchev–Trinajstić information content (AvgIpc) is 2.66. The molecular formula is C17H18F2N6O4S. The van der Waals surface area contributed by atoms with Crippen LogP contribution in [0.2, 0.25) is 0 Å². The Morgan fingerprint density at radius 1 is 1.40 bits per heavy atom. The Labute approximate surface area is 175 Å². The summed E-state index contributed by atoms with van der Waals surface area (Å²) in [5, 5.41) is 2.22. The number of rotatable bonds is 4. The van der Waals surface area contributed by atoms with Crippen molar-refractivity contribution in [1.82, 2.24) is 14.3 Å². The van der Waals surface area contributed by atoms with E-state index in [4.69, 9.17) is 9.85 Å². The maximum absolute atomic E-state index is 14.6. The van der Waals surface area contributed by atoms with Crippen molar-refractivity contribution in [3.8, 4) is 5.75 Å². The van der Waals surface area contributed by atoms with E-state index >= 15 is 0 Å². The van der Waals surface area contributed by atoms with Crippen LogP contribution in [0.1, 0.15) is 27.2 Å². The van der Waals surface area contributed by atoms with Crippen LogP contribution in [0.5, 0.6) is 5.75 Å². The summed E-state index contributed by atoms with van der Waals surface area (Å²) in [7, 11) is -5.55. The number of carbonyl (C=O) groups is 1. The van der Waals surface area contributed by atoms with E-state index < -0.39 is 63.0 Å². The highest BCUT2D eigenvalue weighted by molar-refractivity contribution is 7.89. The minimum absolute atomic E-state index is 0.244. The molecule has 0 fully saturated rings. The Kier molecular flexibility index (Phi) is 4.36. The van der Waals surface area contributed by atoms with Gasteiger partial charge in [0.1, 0.15) is 34.4 Å². The quantitative estimate of drug-likeness (QED) is 0.713. The second-order valence-electron chi connectivity index (χ2n) is 6.55. The van der Waals surface area contributed by atoms with E-state index in [9.17, 15) is 22.0 Å². The fraction of sp³-hybridized carbons (Fsp3) is 0.294. The van der Waals surface area contributed by atoms with Crippen LogP contribution in [0.15, 0.2) is 29.4 Å². The number of carbonyl (C=O) groups excluding carboxylic acids is 1. The first-order valence-electron chi connectivity index (χ1n) is 9.76. The van der Waals surface area contributed by atoms with Gasteiger partial charge in [-0.25, -0.2) is 36.5 Å². The normalized spacial score (nSPS) is 22.3. The molecule has 0 aromatic carbocycles. The number of hydrogen-bond acceptors (Lipinski definition) is 8. The van der Waals surface area contributed by atoms with Gasteiger partial charge >= 0.3 is 0 Å². The SMILES string of the molecule is [2H]C([2H])([2H])Oc1cnc(C(=O)Nc2ccc(F)c([C@]3(C)CS(=O)(=O)N(C)C(N)=N3)n2)c(F)c1.